The SMILES string of the molecule is Cc1cc(NC(=O)Nc2ccc(S(N)(=O)=O)cc2)ccc1N1CCCC1=O. The highest BCUT2D eigenvalue weighted by Crippen LogP contribution is 2.27. The number of hydrogen-bond acceptors (Lipinski definition) is 4. The van der Waals surface area contributed by atoms with E-state index in [2.05, 4.69) is 10.6 Å². The molecule has 0 atom stereocenters. The Morgan fingerprint density at radius 3 is 2.26 bits per heavy atom. The van der Waals surface area contributed by atoms with Crippen molar-refractivity contribution in [2.75, 3.05) is 22.1 Å². The first-order valence-corrected chi connectivity index (χ1v) is 9.90. The van der Waals surface area contributed by atoms with Crippen molar-refractivity contribution < 1.29 is 18.0 Å². The molecule has 0 bridgehead atoms. The average molecular weight is 388 g/mol. The van der Waals surface area contributed by atoms with Gasteiger partial charge in [0.05, 0.1) is 4.90 Å². The molecule has 27 heavy (non-hydrogen) atoms. The molecule has 142 valence electrons. The van der Waals surface area contributed by atoms with Gasteiger partial charge in [-0.25, -0.2) is 18.4 Å². The Balaban J connectivity index is 1.66. The van der Waals surface area contributed by atoms with Gasteiger partial charge in [0, 0.05) is 30.0 Å². The normalized spacial score (nSPS) is 14.3. The first-order valence-electron chi connectivity index (χ1n) is 8.36. The van der Waals surface area contributed by atoms with E-state index in [1.807, 2.05) is 13.0 Å². The Morgan fingerprint density at radius 2 is 1.70 bits per heavy atom. The second-order valence-corrected chi connectivity index (χ2v) is 7.86. The molecule has 1 heterocycles. The van der Waals surface area contributed by atoms with E-state index in [9.17, 15) is 18.0 Å². The number of nitrogens with one attached hydrogen (secondary N) is 2. The lowest BCUT2D eigenvalue weighted by Gasteiger charge is -2.19. The van der Waals surface area contributed by atoms with Gasteiger partial charge in [-0.05, 0) is 61.4 Å². The number of hydrogen-bond donors (Lipinski definition) is 3. The number of rotatable bonds is 4. The maximum atomic E-state index is 12.1. The second kappa shape index (κ2) is 7.37. The van der Waals surface area contributed by atoms with Gasteiger partial charge in [-0.2, -0.15) is 0 Å². The predicted octanol–water partition coefficient (Wildman–Crippen LogP) is 2.41. The van der Waals surface area contributed by atoms with Crippen LogP contribution in [-0.4, -0.2) is 26.9 Å². The van der Waals surface area contributed by atoms with E-state index < -0.39 is 16.1 Å². The number of sulfonamides is 1. The number of aryl methyl sites for hydroxylation is 1. The van der Waals surface area contributed by atoms with E-state index in [1.165, 1.54) is 24.3 Å². The molecule has 8 nitrogen and oxygen atoms in total. The van der Waals surface area contributed by atoms with Crippen LogP contribution in [0.5, 0.6) is 0 Å². The smallest absolute Gasteiger partial charge is 0.312 e. The Hall–Kier alpha value is -2.91. The summed E-state index contributed by atoms with van der Waals surface area (Å²) in [6.07, 6.45) is 1.41. The molecule has 4 N–H and O–H groups in total. The van der Waals surface area contributed by atoms with Crippen LogP contribution in [-0.2, 0) is 14.8 Å². The number of nitrogens with two attached hydrogens (primary N) is 1. The third-order valence-corrected chi connectivity index (χ3v) is 5.19. The Kier molecular flexibility index (Phi) is 5.15. The van der Waals surface area contributed by atoms with Crippen molar-refractivity contribution in [3.05, 3.63) is 48.0 Å². The summed E-state index contributed by atoms with van der Waals surface area (Å²) in [6, 6.07) is 10.4. The third-order valence-electron chi connectivity index (χ3n) is 4.26. The van der Waals surface area contributed by atoms with Crippen LogP contribution < -0.4 is 20.7 Å². The van der Waals surface area contributed by atoms with E-state index in [4.69, 9.17) is 5.14 Å². The zero-order valence-electron chi connectivity index (χ0n) is 14.7. The van der Waals surface area contributed by atoms with Crippen LogP contribution in [0.2, 0.25) is 0 Å². The zero-order chi connectivity index (χ0) is 19.6. The molecule has 0 aromatic heterocycles. The van der Waals surface area contributed by atoms with Crippen molar-refractivity contribution in [2.24, 2.45) is 5.14 Å². The maximum Gasteiger partial charge on any atom is 0.323 e. The summed E-state index contributed by atoms with van der Waals surface area (Å²) in [5.74, 6) is 0.111. The lowest BCUT2D eigenvalue weighted by molar-refractivity contribution is -0.117. The second-order valence-electron chi connectivity index (χ2n) is 6.30. The van der Waals surface area contributed by atoms with Crippen molar-refractivity contribution >= 4 is 39.0 Å². The van der Waals surface area contributed by atoms with Gasteiger partial charge in [0.1, 0.15) is 0 Å². The van der Waals surface area contributed by atoms with E-state index >= 15 is 0 Å². The van der Waals surface area contributed by atoms with Gasteiger partial charge >= 0.3 is 6.03 Å². The van der Waals surface area contributed by atoms with Gasteiger partial charge in [0.2, 0.25) is 15.9 Å². The summed E-state index contributed by atoms with van der Waals surface area (Å²) >= 11 is 0. The molecule has 3 rings (SSSR count). The number of carbonyl (C=O) groups excluding carboxylic acids is 2. The molecule has 0 spiro atoms. The van der Waals surface area contributed by atoms with E-state index in [-0.39, 0.29) is 10.8 Å². The third kappa shape index (κ3) is 4.44. The topological polar surface area (TPSA) is 122 Å². The molecular weight excluding hydrogens is 368 g/mol. The van der Waals surface area contributed by atoms with Crippen molar-refractivity contribution in [3.8, 4) is 0 Å². The number of nitrogens with zero attached hydrogens (tertiary/aromatic N) is 1. The standard InChI is InChI=1S/C18H20N4O4S/c1-12-11-14(6-9-16(12)22-10-2-3-17(22)23)21-18(24)20-13-4-7-15(8-5-13)27(19,25)26/h4-9,11H,2-3,10H2,1H3,(H2,19,25,26)(H2,20,21,24). The summed E-state index contributed by atoms with van der Waals surface area (Å²) in [5, 5.41) is 10.4. The van der Waals surface area contributed by atoms with Crippen LogP contribution in [0, 0.1) is 6.92 Å². The minimum Gasteiger partial charge on any atom is -0.312 e. The molecule has 2 aromatic rings. The summed E-state index contributed by atoms with van der Waals surface area (Å²) in [6.45, 7) is 2.59. The van der Waals surface area contributed by atoms with Crippen LogP contribution in [0.25, 0.3) is 0 Å². The highest BCUT2D eigenvalue weighted by atomic mass is 32.2. The Labute approximate surface area is 157 Å². The molecule has 1 saturated heterocycles. The molecule has 0 unspecified atom stereocenters. The fraction of sp³-hybridized carbons (Fsp3) is 0.222. The van der Waals surface area contributed by atoms with Crippen LogP contribution in [0.3, 0.4) is 0 Å². The minimum absolute atomic E-state index is 0.0314. The molecule has 0 aliphatic carbocycles. The molecule has 3 amide bonds. The summed E-state index contributed by atoms with van der Waals surface area (Å²) < 4.78 is 22.5. The van der Waals surface area contributed by atoms with E-state index in [1.54, 1.807) is 17.0 Å². The van der Waals surface area contributed by atoms with Crippen molar-refractivity contribution in [2.45, 2.75) is 24.7 Å². The molecule has 0 saturated carbocycles. The molecule has 2 aromatic carbocycles. The molecule has 1 fully saturated rings. The predicted molar refractivity (Wildman–Crippen MR) is 103 cm³/mol. The number of benzene rings is 2. The van der Waals surface area contributed by atoms with Gasteiger partial charge in [-0.1, -0.05) is 0 Å². The molecular formula is C18H20N4O4S. The van der Waals surface area contributed by atoms with Gasteiger partial charge < -0.3 is 15.5 Å². The summed E-state index contributed by atoms with van der Waals surface area (Å²) in [4.78, 5) is 25.7. The monoisotopic (exact) mass is 388 g/mol. The molecule has 0 radical (unpaired) electrons. The lowest BCUT2D eigenvalue weighted by atomic mass is 10.1. The largest absolute Gasteiger partial charge is 0.323 e. The van der Waals surface area contributed by atoms with Crippen LogP contribution >= 0.6 is 0 Å². The number of carbonyl (C=O) groups is 2. The van der Waals surface area contributed by atoms with Gasteiger partial charge in [0.25, 0.3) is 0 Å². The first kappa shape index (κ1) is 18.9. The minimum atomic E-state index is -3.77. The Morgan fingerprint density at radius 1 is 1.07 bits per heavy atom. The van der Waals surface area contributed by atoms with Crippen LogP contribution in [0.15, 0.2) is 47.4 Å². The maximum absolute atomic E-state index is 12.1. The van der Waals surface area contributed by atoms with E-state index in [0.29, 0.717) is 24.3 Å². The van der Waals surface area contributed by atoms with E-state index in [0.717, 1.165) is 17.7 Å². The fourth-order valence-corrected chi connectivity index (χ4v) is 3.48. The highest BCUT2D eigenvalue weighted by molar-refractivity contribution is 7.89. The molecule has 9 heteroatoms. The molecule has 1 aliphatic heterocycles. The number of amides is 3. The van der Waals surface area contributed by atoms with Gasteiger partial charge in [0.15, 0.2) is 0 Å². The average Bonchev–Trinajstić information content (AvgIpc) is 3.00. The van der Waals surface area contributed by atoms with Crippen LogP contribution in [0.4, 0.5) is 21.9 Å². The van der Waals surface area contributed by atoms with Crippen molar-refractivity contribution in [3.63, 3.8) is 0 Å². The fourth-order valence-electron chi connectivity index (χ4n) is 2.96. The van der Waals surface area contributed by atoms with Crippen molar-refractivity contribution in [1.29, 1.82) is 0 Å². The summed E-state index contributed by atoms with van der Waals surface area (Å²) in [7, 11) is -3.77. The van der Waals surface area contributed by atoms with Crippen molar-refractivity contribution in [1.82, 2.24) is 0 Å². The van der Waals surface area contributed by atoms with Crippen LogP contribution in [0.1, 0.15) is 18.4 Å². The molecule has 1 aliphatic rings. The highest BCUT2D eigenvalue weighted by Gasteiger charge is 2.23. The number of primary sulfonamides is 1. The Bertz CT molecular complexity index is 987. The quantitative estimate of drug-likeness (QED) is 0.744. The number of urea groups is 1. The number of anilines is 3. The first-order chi connectivity index (χ1) is 12.7. The summed E-state index contributed by atoms with van der Waals surface area (Å²) in [5.41, 5.74) is 2.75. The van der Waals surface area contributed by atoms with Gasteiger partial charge in [-0.3, -0.25) is 4.79 Å². The van der Waals surface area contributed by atoms with Gasteiger partial charge in [-0.15, -0.1) is 0 Å². The zero-order valence-corrected chi connectivity index (χ0v) is 15.5. The lowest BCUT2D eigenvalue weighted by Crippen LogP contribution is -2.24.